The number of carbonyl (C=O) groups is 2. The Bertz CT molecular complexity index is 798. The Kier molecular flexibility index (Phi) is 9.88. The van der Waals surface area contributed by atoms with E-state index >= 15 is 0 Å². The van der Waals surface area contributed by atoms with E-state index < -0.39 is 61.1 Å². The first-order chi connectivity index (χ1) is 14.8. The molecule has 1 rings (SSSR count). The van der Waals surface area contributed by atoms with Crippen molar-refractivity contribution < 1.29 is 44.6 Å². The first kappa shape index (κ1) is 27.6. The van der Waals surface area contributed by atoms with Crippen LogP contribution >= 0.6 is 0 Å². The highest BCUT2D eigenvalue weighted by Gasteiger charge is 2.56. The molecule has 0 saturated carbocycles. The molecular formula is C22H33NO9. The van der Waals surface area contributed by atoms with Crippen LogP contribution in [-0.4, -0.2) is 80.3 Å². The molecular weight excluding hydrogens is 422 g/mol. The maximum Gasteiger partial charge on any atom is 0.377 e. The summed E-state index contributed by atoms with van der Waals surface area (Å²) in [6.07, 6.45) is -0.352. The Morgan fingerprint density at radius 1 is 1.31 bits per heavy atom. The molecule has 10 heteroatoms. The maximum absolute atomic E-state index is 12.3. The van der Waals surface area contributed by atoms with Gasteiger partial charge in [-0.05, 0) is 25.8 Å². The molecule has 1 fully saturated rings. The fourth-order valence-corrected chi connectivity index (χ4v) is 3.07. The first-order valence-corrected chi connectivity index (χ1v) is 10.2. The van der Waals surface area contributed by atoms with E-state index in [4.69, 9.17) is 15.9 Å². The van der Waals surface area contributed by atoms with Gasteiger partial charge in [0.15, 0.2) is 0 Å². The molecule has 0 aliphatic carbocycles. The van der Waals surface area contributed by atoms with Crippen molar-refractivity contribution in [3.8, 4) is 12.3 Å². The minimum Gasteiger partial charge on any atom is -0.476 e. The minimum atomic E-state index is -2.50. The third kappa shape index (κ3) is 6.54. The van der Waals surface area contributed by atoms with Crippen molar-refractivity contribution in [1.29, 1.82) is 0 Å². The van der Waals surface area contributed by atoms with Gasteiger partial charge in [0.2, 0.25) is 5.91 Å². The van der Waals surface area contributed by atoms with Gasteiger partial charge in [-0.1, -0.05) is 25.3 Å². The number of hydrogen-bond donors (Lipinski definition) is 6. The van der Waals surface area contributed by atoms with Crippen LogP contribution in [0.5, 0.6) is 0 Å². The molecule has 1 amide bonds. The van der Waals surface area contributed by atoms with Gasteiger partial charge in [-0.25, -0.2) is 4.79 Å². The van der Waals surface area contributed by atoms with Crippen molar-refractivity contribution in [3.05, 3.63) is 23.0 Å². The Labute approximate surface area is 187 Å². The molecule has 180 valence electrons. The number of carboxylic acids is 1. The molecule has 1 saturated heterocycles. The summed E-state index contributed by atoms with van der Waals surface area (Å²) in [5.41, 5.74) is 1.09. The van der Waals surface area contributed by atoms with E-state index in [2.05, 4.69) is 11.2 Å². The Hall–Kier alpha value is -2.42. The summed E-state index contributed by atoms with van der Waals surface area (Å²) >= 11 is 0. The molecule has 0 aromatic carbocycles. The highest BCUT2D eigenvalue weighted by molar-refractivity contribution is 5.77. The van der Waals surface area contributed by atoms with Crippen LogP contribution in [0.2, 0.25) is 0 Å². The number of aliphatic hydroxyl groups excluding tert-OH is 4. The number of carboxylic acid groups (broad SMARTS) is 1. The van der Waals surface area contributed by atoms with Crippen LogP contribution in [0.25, 0.3) is 0 Å². The number of ether oxygens (including phenoxy) is 2. The molecule has 6 atom stereocenters. The average molecular weight is 456 g/mol. The molecule has 0 spiro atoms. The van der Waals surface area contributed by atoms with Crippen molar-refractivity contribution in [2.75, 3.05) is 6.61 Å². The second-order valence-electron chi connectivity index (χ2n) is 8.16. The average Bonchev–Trinajstić information content (AvgIpc) is 2.72. The van der Waals surface area contributed by atoms with Gasteiger partial charge in [-0.3, -0.25) is 4.79 Å². The number of aliphatic carboxylic acids is 1. The number of nitrogens with one attached hydrogen (secondary N) is 1. The standard InChI is InChI=1S/C22H33NO9/c1-7-12(4)17(8-13(5)11(2)3)31-22(21(29)30)9-15(26)18(23-14(6)25)20(32-22)19(28)16(27)10-24/h1,8,11,15-16,18-20,24,26-28H,9-10H2,2-6H3,(H,23,25)(H,29,30)/b13-8+,17-12+. The van der Waals surface area contributed by atoms with E-state index in [0.29, 0.717) is 0 Å². The zero-order chi connectivity index (χ0) is 24.8. The Morgan fingerprint density at radius 2 is 1.91 bits per heavy atom. The molecule has 6 N–H and O–H groups in total. The van der Waals surface area contributed by atoms with Gasteiger partial charge in [0.05, 0.1) is 25.2 Å². The van der Waals surface area contributed by atoms with Gasteiger partial charge < -0.3 is 40.3 Å². The van der Waals surface area contributed by atoms with Crippen LogP contribution in [0.15, 0.2) is 23.0 Å². The summed E-state index contributed by atoms with van der Waals surface area (Å²) in [5.74, 6) is -2.22. The monoisotopic (exact) mass is 455 g/mol. The number of aliphatic hydroxyl groups is 4. The summed E-state index contributed by atoms with van der Waals surface area (Å²) < 4.78 is 11.4. The molecule has 0 bridgehead atoms. The van der Waals surface area contributed by atoms with Gasteiger partial charge in [-0.15, -0.1) is 6.42 Å². The largest absolute Gasteiger partial charge is 0.476 e. The SMILES string of the molecule is C#C/C(C)=C(\C=C(/C)C(C)C)OC1(C(=O)O)CC(O)C(NC(C)=O)C(C(O)C(O)CO)O1. The van der Waals surface area contributed by atoms with Crippen LogP contribution in [0.1, 0.15) is 41.0 Å². The van der Waals surface area contributed by atoms with Crippen molar-refractivity contribution in [2.45, 2.75) is 77.3 Å². The molecule has 1 aliphatic heterocycles. The van der Waals surface area contributed by atoms with Crippen LogP contribution in [0.3, 0.4) is 0 Å². The predicted molar refractivity (Wildman–Crippen MR) is 114 cm³/mol. The van der Waals surface area contributed by atoms with Crippen LogP contribution < -0.4 is 5.32 Å². The van der Waals surface area contributed by atoms with Crippen molar-refractivity contribution >= 4 is 11.9 Å². The molecule has 6 unspecified atom stereocenters. The number of allylic oxidation sites excluding steroid dienone is 3. The summed E-state index contributed by atoms with van der Waals surface area (Å²) in [6, 6.07) is -1.28. The number of carbonyl (C=O) groups excluding carboxylic acids is 1. The van der Waals surface area contributed by atoms with E-state index in [1.165, 1.54) is 6.92 Å². The van der Waals surface area contributed by atoms with Crippen molar-refractivity contribution in [2.24, 2.45) is 5.92 Å². The second-order valence-corrected chi connectivity index (χ2v) is 8.16. The third-order valence-corrected chi connectivity index (χ3v) is 5.32. The zero-order valence-corrected chi connectivity index (χ0v) is 18.9. The van der Waals surface area contributed by atoms with E-state index in [1.54, 1.807) is 13.0 Å². The van der Waals surface area contributed by atoms with Crippen molar-refractivity contribution in [1.82, 2.24) is 5.32 Å². The fourth-order valence-electron chi connectivity index (χ4n) is 3.07. The third-order valence-electron chi connectivity index (χ3n) is 5.32. The molecule has 1 heterocycles. The van der Waals surface area contributed by atoms with Gasteiger partial charge in [-0.2, -0.15) is 0 Å². The summed E-state index contributed by atoms with van der Waals surface area (Å²) in [6.45, 7) is 7.47. The number of amides is 1. The molecule has 0 aromatic rings. The van der Waals surface area contributed by atoms with E-state index in [1.807, 2.05) is 13.8 Å². The Morgan fingerprint density at radius 3 is 2.34 bits per heavy atom. The summed E-state index contributed by atoms with van der Waals surface area (Å²) in [4.78, 5) is 23.9. The van der Waals surface area contributed by atoms with Gasteiger partial charge >= 0.3 is 11.8 Å². The minimum absolute atomic E-state index is 0.0159. The lowest BCUT2D eigenvalue weighted by molar-refractivity contribution is -0.299. The highest BCUT2D eigenvalue weighted by Crippen LogP contribution is 2.36. The Balaban J connectivity index is 3.53. The topological polar surface area (TPSA) is 166 Å². The fraction of sp³-hybridized carbons (Fsp3) is 0.636. The lowest BCUT2D eigenvalue weighted by Gasteiger charge is -2.46. The molecule has 0 aromatic heterocycles. The van der Waals surface area contributed by atoms with Gasteiger partial charge in [0, 0.05) is 12.5 Å². The van der Waals surface area contributed by atoms with Crippen LogP contribution in [0, 0.1) is 18.3 Å². The summed E-state index contributed by atoms with van der Waals surface area (Å²) in [7, 11) is 0. The zero-order valence-electron chi connectivity index (χ0n) is 18.9. The highest BCUT2D eigenvalue weighted by atomic mass is 16.7. The quantitative estimate of drug-likeness (QED) is 0.155. The van der Waals surface area contributed by atoms with Gasteiger partial charge in [0.1, 0.15) is 24.1 Å². The number of hydrogen-bond acceptors (Lipinski definition) is 8. The lowest BCUT2D eigenvalue weighted by Crippen LogP contribution is -2.67. The lowest BCUT2D eigenvalue weighted by atomic mass is 9.88. The van der Waals surface area contributed by atoms with Crippen molar-refractivity contribution in [3.63, 3.8) is 0 Å². The number of rotatable bonds is 9. The maximum atomic E-state index is 12.3. The van der Waals surface area contributed by atoms with Crippen LogP contribution in [-0.2, 0) is 19.1 Å². The van der Waals surface area contributed by atoms with E-state index in [9.17, 15) is 35.1 Å². The normalized spacial score (nSPS) is 28.9. The molecule has 10 nitrogen and oxygen atoms in total. The second kappa shape index (κ2) is 11.4. The molecule has 0 radical (unpaired) electrons. The predicted octanol–water partition coefficient (Wildman–Crippen LogP) is -0.338. The molecule has 32 heavy (non-hydrogen) atoms. The first-order valence-electron chi connectivity index (χ1n) is 10.2. The number of terminal acetylenes is 1. The summed E-state index contributed by atoms with van der Waals surface area (Å²) in [5, 5.41) is 52.6. The molecule has 1 aliphatic rings. The van der Waals surface area contributed by atoms with E-state index in [0.717, 1.165) is 12.5 Å². The smallest absolute Gasteiger partial charge is 0.377 e. The van der Waals surface area contributed by atoms with Gasteiger partial charge in [0.25, 0.3) is 0 Å². The van der Waals surface area contributed by atoms with Crippen LogP contribution in [0.4, 0.5) is 0 Å². The van der Waals surface area contributed by atoms with E-state index in [-0.39, 0.29) is 17.3 Å².